The number of likely N-dealkylation sites (tertiary alicyclic amines) is 1. The molecular formula is C24H24N6O3. The Balaban J connectivity index is 1.70. The van der Waals surface area contributed by atoms with Crippen molar-refractivity contribution >= 4 is 11.8 Å². The van der Waals surface area contributed by atoms with Crippen LogP contribution in [0.2, 0.25) is 0 Å². The van der Waals surface area contributed by atoms with Crippen LogP contribution in [-0.4, -0.2) is 60.8 Å². The largest absolute Gasteiger partial charge is 0.377 e. The van der Waals surface area contributed by atoms with Gasteiger partial charge in [-0.3, -0.25) is 14.3 Å². The highest BCUT2D eigenvalue weighted by molar-refractivity contribution is 5.92. The lowest BCUT2D eigenvalue weighted by Gasteiger charge is -2.32. The molecule has 9 heteroatoms. The molecule has 3 heterocycles. The molecule has 2 amide bonds. The molecule has 1 aliphatic heterocycles. The molecule has 1 aliphatic rings. The van der Waals surface area contributed by atoms with Crippen molar-refractivity contribution in [3.05, 3.63) is 53.9 Å². The van der Waals surface area contributed by atoms with Crippen LogP contribution in [0.3, 0.4) is 0 Å². The maximum atomic E-state index is 12.0. The van der Waals surface area contributed by atoms with Crippen LogP contribution in [0.4, 0.5) is 0 Å². The Hall–Kier alpha value is -4.03. The molecule has 0 saturated carbocycles. The smallest absolute Gasteiger partial charge is 0.267 e. The van der Waals surface area contributed by atoms with Crippen LogP contribution >= 0.6 is 0 Å². The second-order valence-electron chi connectivity index (χ2n) is 7.96. The molecule has 1 aromatic carbocycles. The molecule has 9 nitrogen and oxygen atoms in total. The van der Waals surface area contributed by atoms with E-state index in [1.807, 2.05) is 13.0 Å². The molecule has 1 fully saturated rings. The number of hydrogen-bond acceptors (Lipinski definition) is 6. The first-order chi connectivity index (χ1) is 15.8. The van der Waals surface area contributed by atoms with Gasteiger partial charge in [-0.15, -0.1) is 0 Å². The Bertz CT molecular complexity index is 1290. The normalized spacial score (nSPS) is 18.0. The van der Waals surface area contributed by atoms with Gasteiger partial charge >= 0.3 is 0 Å². The van der Waals surface area contributed by atoms with Gasteiger partial charge < -0.3 is 15.7 Å². The average Bonchev–Trinajstić information content (AvgIpc) is 3.29. The summed E-state index contributed by atoms with van der Waals surface area (Å²) in [6.45, 7) is 3.05. The summed E-state index contributed by atoms with van der Waals surface area (Å²) in [5.41, 5.74) is 6.80. The van der Waals surface area contributed by atoms with Crippen molar-refractivity contribution in [3.8, 4) is 34.6 Å². The van der Waals surface area contributed by atoms with Gasteiger partial charge in [0.25, 0.3) is 5.91 Å². The number of carbonyl (C=O) groups is 2. The average molecular weight is 444 g/mol. The number of primary amides is 1. The standard InChI is InChI=1S/C24H24N6O3/c1-3-30-20(8-11-26-30)18-14-19(22(25)32)28-23(27-18)17-6-4-5-16(13-17)7-9-24(33)10-12-29(2)21(31)15-24/h4-6,8,11,13-14,33H,3,10,12,15H2,1-2H3,(H2,25,32). The zero-order valence-corrected chi connectivity index (χ0v) is 18.4. The molecule has 33 heavy (non-hydrogen) atoms. The number of piperidine rings is 1. The Kier molecular flexibility index (Phi) is 5.94. The number of aliphatic hydroxyl groups is 1. The van der Waals surface area contributed by atoms with E-state index in [2.05, 4.69) is 26.9 Å². The van der Waals surface area contributed by atoms with E-state index in [0.717, 1.165) is 5.69 Å². The minimum absolute atomic E-state index is 0.0333. The van der Waals surface area contributed by atoms with E-state index in [-0.39, 0.29) is 18.0 Å². The highest BCUT2D eigenvalue weighted by Crippen LogP contribution is 2.24. The molecule has 0 spiro atoms. The van der Waals surface area contributed by atoms with Gasteiger partial charge in [-0.25, -0.2) is 9.97 Å². The van der Waals surface area contributed by atoms with Crippen LogP contribution < -0.4 is 5.73 Å². The van der Waals surface area contributed by atoms with Crippen LogP contribution in [0.5, 0.6) is 0 Å². The van der Waals surface area contributed by atoms with Crippen molar-refractivity contribution in [3.63, 3.8) is 0 Å². The highest BCUT2D eigenvalue weighted by Gasteiger charge is 2.34. The summed E-state index contributed by atoms with van der Waals surface area (Å²) >= 11 is 0. The topological polar surface area (TPSA) is 127 Å². The summed E-state index contributed by atoms with van der Waals surface area (Å²) in [7, 11) is 1.71. The molecule has 3 aromatic rings. The van der Waals surface area contributed by atoms with Gasteiger partial charge in [0.1, 0.15) is 11.3 Å². The Morgan fingerprint density at radius 1 is 1.27 bits per heavy atom. The molecular weight excluding hydrogens is 420 g/mol. The van der Waals surface area contributed by atoms with Crippen LogP contribution in [0.25, 0.3) is 22.8 Å². The number of aryl methyl sites for hydroxylation is 1. The fourth-order valence-corrected chi connectivity index (χ4v) is 3.62. The summed E-state index contributed by atoms with van der Waals surface area (Å²) in [6, 6.07) is 10.5. The lowest BCUT2D eigenvalue weighted by molar-refractivity contribution is -0.138. The van der Waals surface area contributed by atoms with Crippen molar-refractivity contribution in [2.24, 2.45) is 5.73 Å². The molecule has 1 atom stereocenters. The lowest BCUT2D eigenvalue weighted by Crippen LogP contribution is -2.45. The molecule has 2 aromatic heterocycles. The Labute approximate surface area is 191 Å². The monoisotopic (exact) mass is 444 g/mol. The fourth-order valence-electron chi connectivity index (χ4n) is 3.62. The zero-order valence-electron chi connectivity index (χ0n) is 18.4. The van der Waals surface area contributed by atoms with E-state index in [1.54, 1.807) is 53.2 Å². The summed E-state index contributed by atoms with van der Waals surface area (Å²) < 4.78 is 1.77. The predicted octanol–water partition coefficient (Wildman–Crippen LogP) is 1.46. The number of rotatable bonds is 4. The maximum Gasteiger partial charge on any atom is 0.267 e. The van der Waals surface area contributed by atoms with E-state index in [0.29, 0.717) is 42.2 Å². The van der Waals surface area contributed by atoms with Gasteiger partial charge in [-0.05, 0) is 31.2 Å². The van der Waals surface area contributed by atoms with Crippen molar-refractivity contribution in [2.75, 3.05) is 13.6 Å². The number of aromatic nitrogens is 4. The van der Waals surface area contributed by atoms with E-state index >= 15 is 0 Å². The summed E-state index contributed by atoms with van der Waals surface area (Å²) in [4.78, 5) is 34.4. The minimum atomic E-state index is -1.35. The van der Waals surface area contributed by atoms with Crippen LogP contribution in [0.1, 0.15) is 35.8 Å². The molecule has 0 aliphatic carbocycles. The number of nitrogens with zero attached hydrogens (tertiary/aromatic N) is 5. The zero-order chi connectivity index (χ0) is 23.6. The van der Waals surface area contributed by atoms with E-state index in [1.165, 1.54) is 0 Å². The number of benzene rings is 1. The fraction of sp³-hybridized carbons (Fsp3) is 0.292. The van der Waals surface area contributed by atoms with Crippen LogP contribution in [0, 0.1) is 11.8 Å². The molecule has 4 rings (SSSR count). The second-order valence-corrected chi connectivity index (χ2v) is 7.96. The summed E-state index contributed by atoms with van der Waals surface area (Å²) in [6.07, 6.45) is 2.02. The van der Waals surface area contributed by atoms with E-state index in [4.69, 9.17) is 5.73 Å². The maximum absolute atomic E-state index is 12.0. The van der Waals surface area contributed by atoms with Crippen molar-refractivity contribution in [2.45, 2.75) is 31.9 Å². The third-order valence-corrected chi connectivity index (χ3v) is 5.55. The van der Waals surface area contributed by atoms with Gasteiger partial charge in [0.05, 0.1) is 17.8 Å². The molecule has 3 N–H and O–H groups in total. The second kappa shape index (κ2) is 8.84. The number of hydrogen-bond donors (Lipinski definition) is 2. The Morgan fingerprint density at radius 2 is 2.09 bits per heavy atom. The first kappa shape index (κ1) is 22.2. The molecule has 0 radical (unpaired) electrons. The van der Waals surface area contributed by atoms with Crippen molar-refractivity contribution in [1.29, 1.82) is 0 Å². The van der Waals surface area contributed by atoms with E-state index < -0.39 is 11.5 Å². The summed E-state index contributed by atoms with van der Waals surface area (Å²) in [5.74, 6) is 5.34. The van der Waals surface area contributed by atoms with Crippen LogP contribution in [0.15, 0.2) is 42.6 Å². The molecule has 168 valence electrons. The molecule has 1 unspecified atom stereocenters. The van der Waals surface area contributed by atoms with Crippen molar-refractivity contribution in [1.82, 2.24) is 24.6 Å². The van der Waals surface area contributed by atoms with Gasteiger partial charge in [0.15, 0.2) is 5.82 Å². The van der Waals surface area contributed by atoms with Gasteiger partial charge in [0.2, 0.25) is 5.91 Å². The van der Waals surface area contributed by atoms with Crippen molar-refractivity contribution < 1.29 is 14.7 Å². The van der Waals surface area contributed by atoms with Crippen LogP contribution in [-0.2, 0) is 11.3 Å². The first-order valence-corrected chi connectivity index (χ1v) is 10.6. The summed E-state index contributed by atoms with van der Waals surface area (Å²) in [5, 5.41) is 14.9. The lowest BCUT2D eigenvalue weighted by atomic mass is 9.91. The number of amides is 2. The third kappa shape index (κ3) is 4.76. The van der Waals surface area contributed by atoms with Gasteiger partial charge in [-0.2, -0.15) is 5.10 Å². The third-order valence-electron chi connectivity index (χ3n) is 5.55. The molecule has 0 bridgehead atoms. The molecule has 1 saturated heterocycles. The van der Waals surface area contributed by atoms with E-state index in [9.17, 15) is 14.7 Å². The Morgan fingerprint density at radius 3 is 2.82 bits per heavy atom. The number of nitrogens with two attached hydrogens (primary N) is 1. The van der Waals surface area contributed by atoms with Gasteiger partial charge in [-0.1, -0.05) is 24.0 Å². The quantitative estimate of drug-likeness (QED) is 0.587. The first-order valence-electron chi connectivity index (χ1n) is 10.6. The minimum Gasteiger partial charge on any atom is -0.377 e. The highest BCUT2D eigenvalue weighted by atomic mass is 16.3. The van der Waals surface area contributed by atoms with Gasteiger partial charge in [0, 0.05) is 43.9 Å². The SMILES string of the molecule is CCn1nccc1-c1cc(C(N)=O)nc(-c2cccc(C#CC3(O)CCN(C)C(=O)C3)c2)n1. The predicted molar refractivity (Wildman–Crippen MR) is 122 cm³/mol. The number of carbonyl (C=O) groups excluding carboxylic acids is 2.